The third-order valence-electron chi connectivity index (χ3n) is 2.33. The van der Waals surface area contributed by atoms with Crippen LogP contribution in [0.3, 0.4) is 0 Å². The van der Waals surface area contributed by atoms with Crippen LogP contribution in [0.15, 0.2) is 34.3 Å². The summed E-state index contributed by atoms with van der Waals surface area (Å²) in [5.41, 5.74) is 1.11. The minimum Gasteiger partial charge on any atom is -0.377 e. The van der Waals surface area contributed by atoms with E-state index in [-0.39, 0.29) is 13.2 Å². The summed E-state index contributed by atoms with van der Waals surface area (Å²) in [6.45, 7) is 3.81. The molecule has 1 atom stereocenters. The molecule has 1 rings (SSSR count). The Morgan fingerprint density at radius 2 is 1.60 bits per heavy atom. The molecule has 0 fully saturated rings. The van der Waals surface area contributed by atoms with Gasteiger partial charge in [-0.15, -0.1) is 0 Å². The zero-order chi connectivity index (χ0) is 14.6. The van der Waals surface area contributed by atoms with Gasteiger partial charge in [0, 0.05) is 0 Å². The zero-order valence-corrected chi connectivity index (χ0v) is 12.3. The first-order chi connectivity index (χ1) is 9.74. The summed E-state index contributed by atoms with van der Waals surface area (Å²) in [5, 5.41) is 2.67. The molecular formula is C13H19NO5S. The Labute approximate surface area is 121 Å². The van der Waals surface area contributed by atoms with Gasteiger partial charge >= 0.3 is 0 Å². The second-order valence-corrected chi connectivity index (χ2v) is 5.12. The highest BCUT2D eigenvalue weighted by atomic mass is 32.2. The molecule has 1 unspecified atom stereocenters. The Kier molecular flexibility index (Phi) is 8.97. The lowest BCUT2D eigenvalue weighted by Crippen LogP contribution is -2.11. The standard InChI is InChI=1S/C13H19NO5S/c1-12-2-4-13(5-3-12)20(16)19-11-10-18-9-8-17-7-6-14-15/h2-5H,6-11H2,1H3. The summed E-state index contributed by atoms with van der Waals surface area (Å²) in [5.74, 6) is 0. The van der Waals surface area contributed by atoms with Gasteiger partial charge < -0.3 is 9.47 Å². The summed E-state index contributed by atoms with van der Waals surface area (Å²) in [4.78, 5) is 10.4. The topological polar surface area (TPSA) is 74.2 Å². The minimum absolute atomic E-state index is 0.151. The van der Waals surface area contributed by atoms with Crippen LogP contribution < -0.4 is 0 Å². The fourth-order valence-corrected chi connectivity index (χ4v) is 2.02. The van der Waals surface area contributed by atoms with Gasteiger partial charge in [-0.05, 0) is 19.1 Å². The summed E-state index contributed by atoms with van der Waals surface area (Å²) in [7, 11) is 0. The third-order valence-corrected chi connectivity index (χ3v) is 3.37. The van der Waals surface area contributed by atoms with E-state index in [9.17, 15) is 9.12 Å². The fraction of sp³-hybridized carbons (Fsp3) is 0.538. The molecular weight excluding hydrogens is 282 g/mol. The average Bonchev–Trinajstić information content (AvgIpc) is 2.46. The maximum Gasteiger partial charge on any atom is 0.189 e. The molecule has 7 heteroatoms. The van der Waals surface area contributed by atoms with Crippen LogP contribution in [0.1, 0.15) is 5.56 Å². The Hall–Kier alpha value is -1.15. The molecule has 0 aliphatic rings. The van der Waals surface area contributed by atoms with Crippen molar-refractivity contribution in [2.75, 3.05) is 39.6 Å². The van der Waals surface area contributed by atoms with Crippen molar-refractivity contribution in [3.05, 3.63) is 34.7 Å². The van der Waals surface area contributed by atoms with Crippen molar-refractivity contribution in [3.8, 4) is 0 Å². The van der Waals surface area contributed by atoms with Crippen LogP contribution in [0.5, 0.6) is 0 Å². The maximum atomic E-state index is 11.7. The van der Waals surface area contributed by atoms with Gasteiger partial charge in [0.2, 0.25) is 0 Å². The molecule has 6 nitrogen and oxygen atoms in total. The van der Waals surface area contributed by atoms with E-state index in [2.05, 4.69) is 5.18 Å². The SMILES string of the molecule is Cc1ccc(S(=O)OCCOCCOCCN=O)cc1. The summed E-state index contributed by atoms with van der Waals surface area (Å²) in [6.07, 6.45) is 0. The van der Waals surface area contributed by atoms with Gasteiger partial charge in [-0.3, -0.25) is 4.18 Å². The van der Waals surface area contributed by atoms with Crippen LogP contribution >= 0.6 is 0 Å². The van der Waals surface area contributed by atoms with Gasteiger partial charge in [-0.1, -0.05) is 22.9 Å². The number of nitrogens with zero attached hydrogens (tertiary/aromatic N) is 1. The highest BCUT2D eigenvalue weighted by Gasteiger charge is 2.03. The normalized spacial score (nSPS) is 12.2. The molecule has 0 aliphatic carbocycles. The zero-order valence-electron chi connectivity index (χ0n) is 11.4. The first kappa shape index (κ1) is 16.9. The van der Waals surface area contributed by atoms with Crippen LogP contribution in [-0.2, 0) is 24.7 Å². The highest BCUT2D eigenvalue weighted by molar-refractivity contribution is 7.80. The van der Waals surface area contributed by atoms with E-state index in [1.807, 2.05) is 19.1 Å². The molecule has 0 saturated carbocycles. The molecule has 0 N–H and O–H groups in total. The number of benzene rings is 1. The minimum atomic E-state index is -1.46. The molecule has 0 aromatic heterocycles. The van der Waals surface area contributed by atoms with Gasteiger partial charge in [0.25, 0.3) is 0 Å². The van der Waals surface area contributed by atoms with E-state index in [1.54, 1.807) is 12.1 Å². The van der Waals surface area contributed by atoms with Crippen molar-refractivity contribution in [1.82, 2.24) is 0 Å². The number of ether oxygens (including phenoxy) is 2. The lowest BCUT2D eigenvalue weighted by molar-refractivity contribution is 0.0404. The number of nitroso groups, excluding NO2 is 1. The third kappa shape index (κ3) is 7.44. The van der Waals surface area contributed by atoms with Crippen LogP contribution in [-0.4, -0.2) is 43.8 Å². The van der Waals surface area contributed by atoms with Gasteiger partial charge in [0.05, 0.1) is 37.9 Å². The molecule has 0 saturated heterocycles. The van der Waals surface area contributed by atoms with Crippen molar-refractivity contribution in [3.63, 3.8) is 0 Å². The molecule has 0 radical (unpaired) electrons. The monoisotopic (exact) mass is 301 g/mol. The lowest BCUT2D eigenvalue weighted by atomic mass is 10.2. The summed E-state index contributed by atoms with van der Waals surface area (Å²) in [6, 6.07) is 7.33. The molecule has 0 aliphatic heterocycles. The Bertz CT molecular complexity index is 410. The second kappa shape index (κ2) is 10.6. The molecule has 1 aromatic rings. The number of hydrogen-bond donors (Lipinski definition) is 0. The molecule has 0 spiro atoms. The summed E-state index contributed by atoms with van der Waals surface area (Å²) < 4.78 is 27.2. The van der Waals surface area contributed by atoms with Crippen LogP contribution in [0.25, 0.3) is 0 Å². The van der Waals surface area contributed by atoms with E-state index in [1.165, 1.54) is 0 Å². The number of hydrogen-bond acceptors (Lipinski definition) is 6. The molecule has 112 valence electrons. The number of rotatable bonds is 11. The molecule has 0 heterocycles. The smallest absolute Gasteiger partial charge is 0.189 e. The van der Waals surface area contributed by atoms with Crippen LogP contribution in [0.2, 0.25) is 0 Å². The van der Waals surface area contributed by atoms with Gasteiger partial charge in [-0.2, -0.15) is 4.91 Å². The average molecular weight is 301 g/mol. The second-order valence-electron chi connectivity index (χ2n) is 3.95. The predicted molar refractivity (Wildman–Crippen MR) is 75.8 cm³/mol. The Morgan fingerprint density at radius 3 is 2.25 bits per heavy atom. The first-order valence-electron chi connectivity index (χ1n) is 6.30. The van der Waals surface area contributed by atoms with Crippen LogP contribution in [0.4, 0.5) is 0 Å². The quantitative estimate of drug-likeness (QED) is 0.460. The largest absolute Gasteiger partial charge is 0.377 e. The van der Waals surface area contributed by atoms with Crippen molar-refractivity contribution < 1.29 is 17.9 Å². The molecule has 0 amide bonds. The first-order valence-corrected chi connectivity index (χ1v) is 7.38. The van der Waals surface area contributed by atoms with E-state index in [0.29, 0.717) is 31.3 Å². The number of aryl methyl sites for hydroxylation is 1. The fourth-order valence-electron chi connectivity index (χ4n) is 1.31. The van der Waals surface area contributed by atoms with Crippen molar-refractivity contribution in [1.29, 1.82) is 0 Å². The molecule has 20 heavy (non-hydrogen) atoms. The van der Waals surface area contributed by atoms with Crippen LogP contribution in [0, 0.1) is 11.8 Å². The van der Waals surface area contributed by atoms with Gasteiger partial charge in [0.15, 0.2) is 11.1 Å². The lowest BCUT2D eigenvalue weighted by Gasteiger charge is -2.06. The molecule has 0 bridgehead atoms. The van der Waals surface area contributed by atoms with E-state index in [0.717, 1.165) is 5.56 Å². The van der Waals surface area contributed by atoms with Gasteiger partial charge in [0.1, 0.15) is 6.54 Å². The summed E-state index contributed by atoms with van der Waals surface area (Å²) >= 11 is -1.46. The van der Waals surface area contributed by atoms with Gasteiger partial charge in [-0.25, -0.2) is 4.21 Å². The van der Waals surface area contributed by atoms with E-state index < -0.39 is 11.1 Å². The predicted octanol–water partition coefficient (Wildman–Crippen LogP) is 1.83. The van der Waals surface area contributed by atoms with E-state index >= 15 is 0 Å². The van der Waals surface area contributed by atoms with Crippen molar-refractivity contribution >= 4 is 11.1 Å². The molecule has 1 aromatic carbocycles. The maximum absolute atomic E-state index is 11.7. The van der Waals surface area contributed by atoms with Crippen molar-refractivity contribution in [2.24, 2.45) is 5.18 Å². The van der Waals surface area contributed by atoms with E-state index in [4.69, 9.17) is 13.7 Å². The Balaban J connectivity index is 2.02. The van der Waals surface area contributed by atoms with Crippen molar-refractivity contribution in [2.45, 2.75) is 11.8 Å². The highest BCUT2D eigenvalue weighted by Crippen LogP contribution is 2.08. The Morgan fingerprint density at radius 1 is 1.00 bits per heavy atom.